The van der Waals surface area contributed by atoms with Gasteiger partial charge in [-0.2, -0.15) is 18.3 Å². The van der Waals surface area contributed by atoms with Crippen LogP contribution in [0.2, 0.25) is 0 Å². The molecule has 1 saturated heterocycles. The summed E-state index contributed by atoms with van der Waals surface area (Å²) in [5, 5.41) is 6.35. The Bertz CT molecular complexity index is 1570. The minimum absolute atomic E-state index is 0.0530. The fourth-order valence-corrected chi connectivity index (χ4v) is 6.56. The number of carbonyl (C=O) groups excluding carboxylic acids is 2. The Hall–Kier alpha value is -3.23. The molecule has 1 aromatic heterocycles. The minimum atomic E-state index is -4.89. The van der Waals surface area contributed by atoms with Gasteiger partial charge in [-0.3, -0.25) is 19.6 Å². The lowest BCUT2D eigenvalue weighted by Gasteiger charge is -2.22. The van der Waals surface area contributed by atoms with E-state index >= 15 is 0 Å². The van der Waals surface area contributed by atoms with Crippen LogP contribution < -0.4 is 4.72 Å². The van der Waals surface area contributed by atoms with Crippen LogP contribution >= 0.6 is 11.8 Å². The summed E-state index contributed by atoms with van der Waals surface area (Å²) >= 11 is 0.433. The molecule has 0 spiro atoms. The summed E-state index contributed by atoms with van der Waals surface area (Å²) in [5.41, 5.74) is -1.43. The van der Waals surface area contributed by atoms with E-state index in [1.54, 1.807) is 39.0 Å². The lowest BCUT2D eigenvalue weighted by Crippen LogP contribution is -2.46. The molecule has 2 N–H and O–H groups in total. The third kappa shape index (κ3) is 6.08. The lowest BCUT2D eigenvalue weighted by molar-refractivity contribution is -0.138. The van der Waals surface area contributed by atoms with Crippen molar-refractivity contribution < 1.29 is 35.6 Å². The third-order valence-corrected chi connectivity index (χ3v) is 7.96. The molecule has 0 unspecified atom stereocenters. The van der Waals surface area contributed by atoms with Crippen LogP contribution in [0.1, 0.15) is 37.5 Å². The Labute approximate surface area is 219 Å². The first-order valence-electron chi connectivity index (χ1n) is 11.1. The maximum atomic E-state index is 13.7. The molecule has 3 aromatic rings. The Morgan fingerprint density at radius 1 is 1.11 bits per heavy atom. The SMILES string of the molecule is CC(C)(C)NS(=O)(=O)CN1C(=O)S/C(=C(/Cc2ccc(F)cc2C(F)(F)F)c2ccc3[nH]ncc3c2)C1=O. The number of alkyl halides is 3. The Morgan fingerprint density at radius 3 is 2.47 bits per heavy atom. The second-order valence-electron chi connectivity index (χ2n) is 9.65. The zero-order valence-electron chi connectivity index (χ0n) is 20.3. The first-order valence-corrected chi connectivity index (χ1v) is 13.6. The normalized spacial score (nSPS) is 16.6. The van der Waals surface area contributed by atoms with Gasteiger partial charge in [-0.1, -0.05) is 12.1 Å². The molecule has 4 rings (SSSR count). The van der Waals surface area contributed by atoms with E-state index in [-0.39, 0.29) is 16.0 Å². The van der Waals surface area contributed by atoms with E-state index in [0.29, 0.717) is 39.2 Å². The molecule has 8 nitrogen and oxygen atoms in total. The van der Waals surface area contributed by atoms with Gasteiger partial charge in [0.1, 0.15) is 11.7 Å². The van der Waals surface area contributed by atoms with Crippen molar-refractivity contribution in [3.8, 4) is 0 Å². The number of halogens is 4. The van der Waals surface area contributed by atoms with E-state index in [4.69, 9.17) is 0 Å². The maximum absolute atomic E-state index is 13.7. The van der Waals surface area contributed by atoms with Gasteiger partial charge in [0.15, 0.2) is 0 Å². The van der Waals surface area contributed by atoms with Crippen molar-refractivity contribution in [2.24, 2.45) is 0 Å². The second kappa shape index (κ2) is 9.82. The largest absolute Gasteiger partial charge is 0.416 e. The minimum Gasteiger partial charge on any atom is -0.278 e. The average Bonchev–Trinajstić information content (AvgIpc) is 3.35. The van der Waals surface area contributed by atoms with Crippen molar-refractivity contribution in [2.45, 2.75) is 38.9 Å². The fraction of sp³-hybridized carbons (Fsp3) is 0.292. The summed E-state index contributed by atoms with van der Waals surface area (Å²) in [6.45, 7) is 4.76. The van der Waals surface area contributed by atoms with Crippen LogP contribution in [0.25, 0.3) is 16.5 Å². The number of amides is 2. The number of aromatic amines is 1. The number of allylic oxidation sites excluding steroid dienone is 1. The number of nitrogens with zero attached hydrogens (tertiary/aromatic N) is 2. The predicted molar refractivity (Wildman–Crippen MR) is 135 cm³/mol. The van der Waals surface area contributed by atoms with Crippen molar-refractivity contribution in [1.82, 2.24) is 19.8 Å². The standard InChI is InChI=1S/C24H22F4N4O4S2/c1-23(2,3)31-38(35,36)12-32-21(33)20(37-22(32)34)17(13-5-7-19-15(8-13)11-29-30-19)9-14-4-6-16(25)10-18(14)24(26,27)28/h4-8,10-11,31H,9,12H2,1-3H3,(H,29,30)/b20-17-. The number of sulfonamides is 1. The molecular weight excluding hydrogens is 548 g/mol. The van der Waals surface area contributed by atoms with E-state index in [1.807, 2.05) is 0 Å². The van der Waals surface area contributed by atoms with E-state index in [1.165, 1.54) is 6.20 Å². The van der Waals surface area contributed by atoms with E-state index in [2.05, 4.69) is 14.9 Å². The van der Waals surface area contributed by atoms with Crippen LogP contribution in [0, 0.1) is 5.82 Å². The number of imide groups is 1. The predicted octanol–water partition coefficient (Wildman–Crippen LogP) is 5.05. The zero-order chi connectivity index (χ0) is 28.0. The highest BCUT2D eigenvalue weighted by molar-refractivity contribution is 8.18. The number of fused-ring (bicyclic) bond motifs is 1. The molecule has 2 amide bonds. The number of carbonyl (C=O) groups is 2. The summed E-state index contributed by atoms with van der Waals surface area (Å²) in [5.74, 6) is -3.01. The van der Waals surface area contributed by atoms with Gasteiger partial charge in [0.2, 0.25) is 10.0 Å². The van der Waals surface area contributed by atoms with Crippen molar-refractivity contribution in [3.63, 3.8) is 0 Å². The smallest absolute Gasteiger partial charge is 0.278 e. The summed E-state index contributed by atoms with van der Waals surface area (Å²) in [6, 6.07) is 6.93. The molecular formula is C24H22F4N4O4S2. The quantitative estimate of drug-likeness (QED) is 0.317. The molecule has 202 valence electrons. The summed E-state index contributed by atoms with van der Waals surface area (Å²) in [4.78, 5) is 26.4. The molecule has 0 atom stereocenters. The highest BCUT2D eigenvalue weighted by atomic mass is 32.2. The number of hydrogen-bond acceptors (Lipinski definition) is 6. The topological polar surface area (TPSA) is 112 Å². The van der Waals surface area contributed by atoms with Gasteiger partial charge < -0.3 is 0 Å². The number of H-pyrrole nitrogens is 1. The zero-order valence-corrected chi connectivity index (χ0v) is 21.9. The monoisotopic (exact) mass is 570 g/mol. The van der Waals surface area contributed by atoms with Crippen LogP contribution in [-0.2, 0) is 27.4 Å². The van der Waals surface area contributed by atoms with Crippen LogP contribution in [-0.4, -0.2) is 46.1 Å². The molecule has 38 heavy (non-hydrogen) atoms. The van der Waals surface area contributed by atoms with Crippen molar-refractivity contribution in [2.75, 3.05) is 5.88 Å². The lowest BCUT2D eigenvalue weighted by atomic mass is 9.93. The molecule has 0 bridgehead atoms. The number of nitrogens with one attached hydrogen (secondary N) is 2. The molecule has 0 aliphatic carbocycles. The van der Waals surface area contributed by atoms with Gasteiger partial charge >= 0.3 is 6.18 Å². The fourth-order valence-electron chi connectivity index (χ4n) is 3.96. The van der Waals surface area contributed by atoms with Crippen LogP contribution in [0.4, 0.5) is 22.4 Å². The Morgan fingerprint density at radius 2 is 1.82 bits per heavy atom. The molecule has 1 aliphatic heterocycles. The number of benzene rings is 2. The molecule has 2 heterocycles. The number of rotatable bonds is 6. The molecule has 0 radical (unpaired) electrons. The second-order valence-corrected chi connectivity index (χ2v) is 12.3. The van der Waals surface area contributed by atoms with E-state index in [0.717, 1.165) is 12.1 Å². The Kier molecular flexibility index (Phi) is 7.18. The molecule has 1 aliphatic rings. The van der Waals surface area contributed by atoms with Gasteiger partial charge in [0, 0.05) is 10.9 Å². The molecule has 2 aromatic carbocycles. The first kappa shape index (κ1) is 27.8. The third-order valence-electron chi connectivity index (χ3n) is 5.42. The van der Waals surface area contributed by atoms with Gasteiger partial charge in [-0.15, -0.1) is 0 Å². The summed E-state index contributed by atoms with van der Waals surface area (Å²) in [7, 11) is -4.12. The van der Waals surface area contributed by atoms with Gasteiger partial charge in [-0.05, 0) is 79.9 Å². The summed E-state index contributed by atoms with van der Waals surface area (Å²) < 4.78 is 82.5. The van der Waals surface area contributed by atoms with Crippen LogP contribution in [0.5, 0.6) is 0 Å². The first-order chi connectivity index (χ1) is 17.5. The van der Waals surface area contributed by atoms with Gasteiger partial charge in [0.25, 0.3) is 11.1 Å². The molecule has 0 saturated carbocycles. The highest BCUT2D eigenvalue weighted by Gasteiger charge is 2.41. The van der Waals surface area contributed by atoms with Crippen molar-refractivity contribution in [1.29, 1.82) is 0 Å². The average molecular weight is 571 g/mol. The Balaban J connectivity index is 1.83. The maximum Gasteiger partial charge on any atom is 0.416 e. The number of hydrogen-bond donors (Lipinski definition) is 2. The van der Waals surface area contributed by atoms with Gasteiger partial charge in [-0.25, -0.2) is 17.5 Å². The van der Waals surface area contributed by atoms with Crippen molar-refractivity contribution in [3.05, 3.63) is 70.0 Å². The van der Waals surface area contributed by atoms with Gasteiger partial charge in [0.05, 0.1) is 22.2 Å². The number of thioether (sulfide) groups is 1. The highest BCUT2D eigenvalue weighted by Crippen LogP contribution is 2.41. The van der Waals surface area contributed by atoms with Crippen LogP contribution in [0.3, 0.4) is 0 Å². The van der Waals surface area contributed by atoms with Crippen LogP contribution in [0.15, 0.2) is 47.5 Å². The van der Waals surface area contributed by atoms with Crippen molar-refractivity contribution >= 4 is 49.4 Å². The summed E-state index contributed by atoms with van der Waals surface area (Å²) in [6.07, 6.45) is -3.89. The molecule has 1 fully saturated rings. The van der Waals surface area contributed by atoms with E-state index in [9.17, 15) is 35.6 Å². The van der Waals surface area contributed by atoms with E-state index < -0.39 is 56.6 Å². The number of aromatic nitrogens is 2. The molecule has 14 heteroatoms.